The summed E-state index contributed by atoms with van der Waals surface area (Å²) in [4.78, 5) is 4.09. The fraction of sp³-hybridized carbons (Fsp3) is 0.167. The Morgan fingerprint density at radius 3 is 3.00 bits per heavy atom. The number of hydrogen-bond donors (Lipinski definition) is 0. The number of hydrogen-bond acceptors (Lipinski definition) is 3. The van der Waals surface area contributed by atoms with E-state index >= 15 is 0 Å². The smallest absolute Gasteiger partial charge is 0.211 e. The van der Waals surface area contributed by atoms with Gasteiger partial charge in [-0.15, -0.1) is 0 Å². The number of halogens is 1. The molecule has 0 N–H and O–H groups in total. The minimum atomic E-state index is -0.319. The highest BCUT2D eigenvalue weighted by atomic mass is 79.9. The van der Waals surface area contributed by atoms with Crippen LogP contribution in [0.2, 0.25) is 0 Å². The number of nitriles is 1. The van der Waals surface area contributed by atoms with Crippen LogP contribution in [-0.2, 0) is 0 Å². The predicted molar refractivity (Wildman–Crippen MR) is 63.7 cm³/mol. The van der Waals surface area contributed by atoms with Crippen molar-refractivity contribution in [2.45, 2.75) is 12.8 Å². The van der Waals surface area contributed by atoms with E-state index in [0.29, 0.717) is 11.7 Å². The van der Waals surface area contributed by atoms with Gasteiger partial charge in [0, 0.05) is 10.0 Å². The maximum Gasteiger partial charge on any atom is 0.211 e. The molecule has 2 rings (SSSR count). The lowest BCUT2D eigenvalue weighted by Crippen LogP contribution is -1.87. The molecule has 2 aromatic rings. The molecule has 1 atom stereocenters. The van der Waals surface area contributed by atoms with E-state index in [1.807, 2.05) is 24.3 Å². The Morgan fingerprint density at radius 1 is 1.50 bits per heavy atom. The van der Waals surface area contributed by atoms with Gasteiger partial charge in [0.1, 0.15) is 5.92 Å². The maximum atomic E-state index is 8.75. The first-order chi connectivity index (χ1) is 7.70. The molecule has 0 saturated carbocycles. The number of benzene rings is 1. The summed E-state index contributed by atoms with van der Waals surface area (Å²) in [5.74, 6) is 0.816. The molecule has 0 amide bonds. The third kappa shape index (κ3) is 2.15. The van der Waals surface area contributed by atoms with Crippen molar-refractivity contribution in [2.75, 3.05) is 0 Å². The van der Waals surface area contributed by atoms with Gasteiger partial charge in [0.15, 0.2) is 5.76 Å². The Kier molecular flexibility index (Phi) is 3.07. The maximum absolute atomic E-state index is 8.75. The van der Waals surface area contributed by atoms with Crippen molar-refractivity contribution in [1.29, 1.82) is 5.26 Å². The Bertz CT molecular complexity index is 542. The van der Waals surface area contributed by atoms with E-state index in [1.165, 1.54) is 0 Å². The second-order valence-corrected chi connectivity index (χ2v) is 4.34. The van der Waals surface area contributed by atoms with Crippen LogP contribution in [0.5, 0.6) is 0 Å². The lowest BCUT2D eigenvalue weighted by molar-refractivity contribution is 0.498. The van der Waals surface area contributed by atoms with E-state index in [0.717, 1.165) is 10.0 Å². The monoisotopic (exact) mass is 276 g/mol. The van der Waals surface area contributed by atoms with E-state index in [9.17, 15) is 0 Å². The summed E-state index contributed by atoms with van der Waals surface area (Å²) in [5, 5.41) is 8.75. The normalized spacial score (nSPS) is 12.1. The Morgan fingerprint density at radius 2 is 2.31 bits per heavy atom. The SMILES string of the molecule is CC(C#N)c1ncc(-c2cccc(Br)c2)o1. The molecule has 1 aromatic heterocycles. The molecule has 80 valence electrons. The molecule has 1 heterocycles. The van der Waals surface area contributed by atoms with Gasteiger partial charge in [0.25, 0.3) is 0 Å². The molecule has 16 heavy (non-hydrogen) atoms. The van der Waals surface area contributed by atoms with Gasteiger partial charge >= 0.3 is 0 Å². The highest BCUT2D eigenvalue weighted by Gasteiger charge is 2.12. The molecule has 0 aliphatic carbocycles. The zero-order valence-electron chi connectivity index (χ0n) is 8.64. The van der Waals surface area contributed by atoms with Crippen LogP contribution in [0.1, 0.15) is 18.7 Å². The van der Waals surface area contributed by atoms with Gasteiger partial charge in [-0.1, -0.05) is 28.1 Å². The van der Waals surface area contributed by atoms with Crippen LogP contribution in [0, 0.1) is 11.3 Å². The van der Waals surface area contributed by atoms with Crippen molar-refractivity contribution in [3.8, 4) is 17.4 Å². The summed E-state index contributed by atoms with van der Waals surface area (Å²) in [6, 6.07) is 9.84. The number of rotatable bonds is 2. The molecule has 1 aromatic carbocycles. The molecule has 0 aliphatic rings. The van der Waals surface area contributed by atoms with Gasteiger partial charge in [-0.05, 0) is 19.1 Å². The Balaban J connectivity index is 2.36. The standard InChI is InChI=1S/C12H9BrN2O/c1-8(6-14)12-15-7-11(16-12)9-3-2-4-10(13)5-9/h2-5,7-8H,1H3. The number of nitrogens with zero attached hydrogens (tertiary/aromatic N) is 2. The van der Waals surface area contributed by atoms with Crippen LogP contribution < -0.4 is 0 Å². The second-order valence-electron chi connectivity index (χ2n) is 3.42. The molecule has 0 saturated heterocycles. The molecule has 1 unspecified atom stereocenters. The molecule has 0 spiro atoms. The summed E-state index contributed by atoms with van der Waals surface area (Å²) in [6.07, 6.45) is 1.64. The Hall–Kier alpha value is -1.60. The van der Waals surface area contributed by atoms with Crippen molar-refractivity contribution in [1.82, 2.24) is 4.98 Å². The molecule has 3 nitrogen and oxygen atoms in total. The average molecular weight is 277 g/mol. The van der Waals surface area contributed by atoms with Gasteiger partial charge in [-0.2, -0.15) is 5.26 Å². The first kappa shape index (κ1) is 10.9. The highest BCUT2D eigenvalue weighted by Crippen LogP contribution is 2.25. The minimum Gasteiger partial charge on any atom is -0.439 e. The summed E-state index contributed by atoms with van der Waals surface area (Å²) < 4.78 is 6.51. The highest BCUT2D eigenvalue weighted by molar-refractivity contribution is 9.10. The quantitative estimate of drug-likeness (QED) is 0.840. The molecular formula is C12H9BrN2O. The zero-order valence-corrected chi connectivity index (χ0v) is 10.2. The van der Waals surface area contributed by atoms with Crippen molar-refractivity contribution < 1.29 is 4.42 Å². The predicted octanol–water partition coefficient (Wildman–Crippen LogP) is 3.73. The van der Waals surface area contributed by atoms with Crippen LogP contribution in [0.15, 0.2) is 39.4 Å². The lowest BCUT2D eigenvalue weighted by atomic mass is 10.2. The molecule has 0 aliphatic heterocycles. The van der Waals surface area contributed by atoms with Gasteiger partial charge in [0.05, 0.1) is 12.3 Å². The van der Waals surface area contributed by atoms with Gasteiger partial charge in [-0.3, -0.25) is 0 Å². The van der Waals surface area contributed by atoms with Crippen LogP contribution >= 0.6 is 15.9 Å². The van der Waals surface area contributed by atoms with Crippen LogP contribution in [0.25, 0.3) is 11.3 Å². The zero-order chi connectivity index (χ0) is 11.5. The van der Waals surface area contributed by atoms with E-state index in [1.54, 1.807) is 13.1 Å². The number of aromatic nitrogens is 1. The molecular weight excluding hydrogens is 268 g/mol. The first-order valence-electron chi connectivity index (χ1n) is 4.82. The van der Waals surface area contributed by atoms with E-state index in [2.05, 4.69) is 27.0 Å². The summed E-state index contributed by atoms with van der Waals surface area (Å²) in [6.45, 7) is 1.76. The van der Waals surface area contributed by atoms with Crippen LogP contribution in [0.3, 0.4) is 0 Å². The van der Waals surface area contributed by atoms with Gasteiger partial charge < -0.3 is 4.42 Å². The number of oxazole rings is 1. The third-order valence-electron chi connectivity index (χ3n) is 2.20. The first-order valence-corrected chi connectivity index (χ1v) is 5.61. The summed E-state index contributed by atoms with van der Waals surface area (Å²) >= 11 is 3.39. The summed E-state index contributed by atoms with van der Waals surface area (Å²) in [7, 11) is 0. The van der Waals surface area contributed by atoms with Gasteiger partial charge in [-0.25, -0.2) is 4.98 Å². The topological polar surface area (TPSA) is 49.8 Å². The minimum absolute atomic E-state index is 0.319. The molecule has 0 fully saturated rings. The van der Waals surface area contributed by atoms with Crippen molar-refractivity contribution in [3.63, 3.8) is 0 Å². The van der Waals surface area contributed by atoms with Gasteiger partial charge in [0.2, 0.25) is 5.89 Å². The lowest BCUT2D eigenvalue weighted by Gasteiger charge is -1.97. The van der Waals surface area contributed by atoms with Crippen LogP contribution in [0.4, 0.5) is 0 Å². The van der Waals surface area contributed by atoms with E-state index in [-0.39, 0.29) is 5.92 Å². The van der Waals surface area contributed by atoms with E-state index in [4.69, 9.17) is 9.68 Å². The second kappa shape index (κ2) is 4.50. The van der Waals surface area contributed by atoms with E-state index < -0.39 is 0 Å². The molecule has 0 radical (unpaired) electrons. The summed E-state index contributed by atoms with van der Waals surface area (Å²) in [5.41, 5.74) is 0.943. The van der Waals surface area contributed by atoms with Crippen molar-refractivity contribution >= 4 is 15.9 Å². The van der Waals surface area contributed by atoms with Crippen molar-refractivity contribution in [3.05, 3.63) is 40.8 Å². The fourth-order valence-electron chi connectivity index (χ4n) is 1.32. The molecule has 0 bridgehead atoms. The Labute approximate surface area is 102 Å². The fourth-order valence-corrected chi connectivity index (χ4v) is 1.72. The van der Waals surface area contributed by atoms with Crippen LogP contribution in [-0.4, -0.2) is 4.98 Å². The van der Waals surface area contributed by atoms with Crippen molar-refractivity contribution in [2.24, 2.45) is 0 Å². The molecule has 4 heteroatoms. The average Bonchev–Trinajstić information content (AvgIpc) is 2.77. The third-order valence-corrected chi connectivity index (χ3v) is 2.69. The largest absolute Gasteiger partial charge is 0.439 e.